The fourth-order valence-electron chi connectivity index (χ4n) is 1.55. The fourth-order valence-corrected chi connectivity index (χ4v) is 1.55. The molecule has 0 unspecified atom stereocenters. The van der Waals surface area contributed by atoms with Crippen molar-refractivity contribution in [1.29, 1.82) is 0 Å². The van der Waals surface area contributed by atoms with Gasteiger partial charge in [-0.1, -0.05) is 48.6 Å². The molecule has 18 heavy (non-hydrogen) atoms. The summed E-state index contributed by atoms with van der Waals surface area (Å²) in [4.78, 5) is 0. The zero-order valence-corrected chi connectivity index (χ0v) is 11.3. The summed E-state index contributed by atoms with van der Waals surface area (Å²) in [5, 5.41) is 0. The van der Waals surface area contributed by atoms with Crippen LogP contribution < -0.4 is 0 Å². The van der Waals surface area contributed by atoms with Crippen molar-refractivity contribution < 1.29 is 4.39 Å². The molecule has 0 spiro atoms. The van der Waals surface area contributed by atoms with Crippen LogP contribution in [0.3, 0.4) is 0 Å². The molecule has 1 heteroatoms. The lowest BCUT2D eigenvalue weighted by Crippen LogP contribution is -1.90. The van der Waals surface area contributed by atoms with Crippen molar-refractivity contribution >= 4 is 0 Å². The van der Waals surface area contributed by atoms with Crippen molar-refractivity contribution in [3.63, 3.8) is 0 Å². The predicted octanol–water partition coefficient (Wildman–Crippen LogP) is 4.60. The molecule has 0 fully saturated rings. The first-order valence-corrected chi connectivity index (χ1v) is 6.21. The molecule has 1 aromatic rings. The molecule has 0 N–H and O–H groups in total. The zero-order valence-electron chi connectivity index (χ0n) is 11.3. The molecular formula is C17H19F. The zero-order chi connectivity index (χ0) is 13.4. The fraction of sp³-hybridized carbons (Fsp3) is 0.294. The Morgan fingerprint density at radius 3 is 2.44 bits per heavy atom. The second-order valence-electron chi connectivity index (χ2n) is 4.09. The van der Waals surface area contributed by atoms with Crippen molar-refractivity contribution in [3.05, 3.63) is 58.7 Å². The van der Waals surface area contributed by atoms with Crippen LogP contribution in [0.2, 0.25) is 0 Å². The van der Waals surface area contributed by atoms with E-state index in [2.05, 4.69) is 11.8 Å². The molecule has 1 aromatic carbocycles. The lowest BCUT2D eigenvalue weighted by Gasteiger charge is -2.00. The number of allylic oxidation sites excluding steroid dienone is 4. The van der Waals surface area contributed by atoms with Gasteiger partial charge >= 0.3 is 0 Å². The Kier molecular flexibility index (Phi) is 5.94. The minimum atomic E-state index is -0.467. The third kappa shape index (κ3) is 4.22. The first-order valence-electron chi connectivity index (χ1n) is 6.21. The lowest BCUT2D eigenvalue weighted by molar-refractivity contribution is 0.547. The maximum atomic E-state index is 12.8. The van der Waals surface area contributed by atoms with Crippen LogP contribution in [0.4, 0.5) is 4.39 Å². The van der Waals surface area contributed by atoms with Gasteiger partial charge in [-0.05, 0) is 38.0 Å². The summed E-state index contributed by atoms with van der Waals surface area (Å²) in [5.74, 6) is 6.14. The van der Waals surface area contributed by atoms with Gasteiger partial charge in [0.25, 0.3) is 0 Å². The molecule has 94 valence electrons. The van der Waals surface area contributed by atoms with Crippen LogP contribution in [0.1, 0.15) is 31.4 Å². The summed E-state index contributed by atoms with van der Waals surface area (Å²) in [6, 6.07) is 8.02. The summed E-state index contributed by atoms with van der Waals surface area (Å²) in [6.45, 7) is 5.44. The molecule has 0 saturated carbocycles. The molecule has 0 aliphatic heterocycles. The molecule has 0 bridgehead atoms. The summed E-state index contributed by atoms with van der Waals surface area (Å²) in [5.41, 5.74) is 3.62. The van der Waals surface area contributed by atoms with Gasteiger partial charge in [-0.15, -0.1) is 0 Å². The number of aryl methyl sites for hydroxylation is 1. The van der Waals surface area contributed by atoms with Crippen molar-refractivity contribution in [2.75, 3.05) is 6.67 Å². The summed E-state index contributed by atoms with van der Waals surface area (Å²) < 4.78 is 12.8. The first kappa shape index (κ1) is 14.3. The molecule has 0 aromatic heterocycles. The van der Waals surface area contributed by atoms with Gasteiger partial charge in [-0.25, -0.2) is 4.39 Å². The van der Waals surface area contributed by atoms with Crippen LogP contribution in [0.5, 0.6) is 0 Å². The van der Waals surface area contributed by atoms with Gasteiger partial charge in [-0.3, -0.25) is 0 Å². The van der Waals surface area contributed by atoms with E-state index >= 15 is 0 Å². The normalized spacial score (nSPS) is 12.0. The van der Waals surface area contributed by atoms with E-state index in [9.17, 15) is 4.39 Å². The van der Waals surface area contributed by atoms with Gasteiger partial charge < -0.3 is 0 Å². The minimum absolute atomic E-state index is 0.467. The lowest BCUT2D eigenvalue weighted by atomic mass is 10.1. The quantitative estimate of drug-likeness (QED) is 0.537. The maximum Gasteiger partial charge on any atom is 0.115 e. The van der Waals surface area contributed by atoms with Crippen molar-refractivity contribution in [2.24, 2.45) is 0 Å². The topological polar surface area (TPSA) is 0 Å². The SMILES string of the molecule is C/C=C(CF)\C(C#Cc1ccc(C)cc1)=C/CC. The monoisotopic (exact) mass is 242 g/mol. The van der Waals surface area contributed by atoms with Gasteiger partial charge in [0.2, 0.25) is 0 Å². The molecule has 0 heterocycles. The molecule has 0 aliphatic rings. The van der Waals surface area contributed by atoms with Gasteiger partial charge in [0, 0.05) is 11.1 Å². The van der Waals surface area contributed by atoms with Crippen LogP contribution in [0, 0.1) is 18.8 Å². The third-order valence-electron chi connectivity index (χ3n) is 2.64. The van der Waals surface area contributed by atoms with Gasteiger partial charge in [0.05, 0.1) is 0 Å². The van der Waals surface area contributed by atoms with E-state index in [4.69, 9.17) is 0 Å². The van der Waals surface area contributed by atoms with E-state index in [1.54, 1.807) is 6.08 Å². The summed E-state index contributed by atoms with van der Waals surface area (Å²) in [7, 11) is 0. The number of hydrogen-bond acceptors (Lipinski definition) is 0. The van der Waals surface area contributed by atoms with E-state index < -0.39 is 6.67 Å². The first-order chi connectivity index (χ1) is 8.71. The number of benzene rings is 1. The number of halogens is 1. The Labute approximate surface area is 109 Å². The van der Waals surface area contributed by atoms with Gasteiger partial charge in [0.1, 0.15) is 6.67 Å². The molecule has 0 saturated heterocycles. The summed E-state index contributed by atoms with van der Waals surface area (Å²) in [6.07, 6.45) is 4.61. The third-order valence-corrected chi connectivity index (χ3v) is 2.64. The van der Waals surface area contributed by atoms with E-state index in [-0.39, 0.29) is 0 Å². The Bertz CT molecular complexity index is 493. The van der Waals surface area contributed by atoms with Gasteiger partial charge in [0.15, 0.2) is 0 Å². The number of rotatable bonds is 3. The average Bonchev–Trinajstić information content (AvgIpc) is 2.39. The van der Waals surface area contributed by atoms with E-state index in [0.717, 1.165) is 17.6 Å². The van der Waals surface area contributed by atoms with Crippen LogP contribution in [0.15, 0.2) is 47.6 Å². The molecule has 0 radical (unpaired) electrons. The predicted molar refractivity (Wildman–Crippen MR) is 76.2 cm³/mol. The smallest absolute Gasteiger partial charge is 0.115 e. The highest BCUT2D eigenvalue weighted by Gasteiger charge is 1.99. The van der Waals surface area contributed by atoms with E-state index in [0.29, 0.717) is 5.57 Å². The van der Waals surface area contributed by atoms with E-state index in [1.807, 2.05) is 51.1 Å². The van der Waals surface area contributed by atoms with Crippen LogP contribution >= 0.6 is 0 Å². The van der Waals surface area contributed by atoms with Crippen LogP contribution in [-0.2, 0) is 0 Å². The van der Waals surface area contributed by atoms with Crippen molar-refractivity contribution in [2.45, 2.75) is 27.2 Å². The average molecular weight is 242 g/mol. The Morgan fingerprint density at radius 2 is 1.94 bits per heavy atom. The van der Waals surface area contributed by atoms with Crippen LogP contribution in [0.25, 0.3) is 0 Å². The second-order valence-corrected chi connectivity index (χ2v) is 4.09. The van der Waals surface area contributed by atoms with E-state index in [1.165, 1.54) is 5.56 Å². The molecular weight excluding hydrogens is 223 g/mol. The number of hydrogen-bond donors (Lipinski definition) is 0. The molecule has 1 rings (SSSR count). The largest absolute Gasteiger partial charge is 0.246 e. The maximum absolute atomic E-state index is 12.8. The van der Waals surface area contributed by atoms with Gasteiger partial charge in [-0.2, -0.15) is 0 Å². The minimum Gasteiger partial charge on any atom is -0.246 e. The van der Waals surface area contributed by atoms with Crippen molar-refractivity contribution in [3.8, 4) is 11.8 Å². The standard InChI is InChI=1S/C17H19F/c1-4-6-17(16(5-2)13-18)12-11-15-9-7-14(3)8-10-15/h5-10H,4,13H2,1-3H3/b16-5-,17-6-. The molecule has 0 nitrogen and oxygen atoms in total. The Morgan fingerprint density at radius 1 is 1.28 bits per heavy atom. The highest BCUT2D eigenvalue weighted by atomic mass is 19.1. The molecule has 0 atom stereocenters. The Balaban J connectivity index is 2.99. The number of alkyl halides is 1. The highest BCUT2D eigenvalue weighted by Crippen LogP contribution is 2.11. The Hall–Kier alpha value is -1.81. The summed E-state index contributed by atoms with van der Waals surface area (Å²) >= 11 is 0. The van der Waals surface area contributed by atoms with Crippen molar-refractivity contribution in [1.82, 2.24) is 0 Å². The molecule has 0 amide bonds. The highest BCUT2D eigenvalue weighted by molar-refractivity contribution is 5.49. The second kappa shape index (κ2) is 7.50. The van der Waals surface area contributed by atoms with Crippen LogP contribution in [-0.4, -0.2) is 6.67 Å². The molecule has 0 aliphatic carbocycles.